The molecule has 1 heterocycles. The zero-order valence-corrected chi connectivity index (χ0v) is 13.8. The molecule has 0 fully saturated rings. The zero-order valence-electron chi connectivity index (χ0n) is 13.0. The molecule has 2 rings (SSSR count). The second-order valence-electron chi connectivity index (χ2n) is 4.56. The minimum absolute atomic E-state index is 0.473. The van der Waals surface area contributed by atoms with Gasteiger partial charge in [-0.1, -0.05) is 13.0 Å². The highest BCUT2D eigenvalue weighted by Crippen LogP contribution is 2.30. The first-order chi connectivity index (χ1) is 10.7. The van der Waals surface area contributed by atoms with Crippen molar-refractivity contribution in [2.75, 3.05) is 13.7 Å². The highest BCUT2D eigenvalue weighted by molar-refractivity contribution is 7.71. The molecule has 0 atom stereocenters. The van der Waals surface area contributed by atoms with E-state index in [1.165, 1.54) is 0 Å². The van der Waals surface area contributed by atoms with Gasteiger partial charge >= 0.3 is 0 Å². The third kappa shape index (κ3) is 3.54. The molecule has 0 aliphatic heterocycles. The summed E-state index contributed by atoms with van der Waals surface area (Å²) in [7, 11) is 1.62. The van der Waals surface area contributed by atoms with Crippen LogP contribution in [0, 0.1) is 4.77 Å². The van der Waals surface area contributed by atoms with Gasteiger partial charge in [-0.05, 0) is 37.7 Å². The average Bonchev–Trinajstić information content (AvgIpc) is 2.87. The Bertz CT molecular complexity index is 706. The van der Waals surface area contributed by atoms with Crippen molar-refractivity contribution in [2.24, 2.45) is 5.10 Å². The van der Waals surface area contributed by atoms with Crippen LogP contribution in [0.5, 0.6) is 11.5 Å². The van der Waals surface area contributed by atoms with Crippen LogP contribution in [0.4, 0.5) is 0 Å². The number of para-hydroxylation sites is 1. The van der Waals surface area contributed by atoms with Crippen LogP contribution < -0.4 is 9.47 Å². The van der Waals surface area contributed by atoms with Gasteiger partial charge < -0.3 is 9.47 Å². The normalized spacial score (nSPS) is 11.0. The van der Waals surface area contributed by atoms with Crippen molar-refractivity contribution in [1.29, 1.82) is 0 Å². The molecule has 1 N–H and O–H groups in total. The van der Waals surface area contributed by atoms with E-state index in [2.05, 4.69) is 22.2 Å². The van der Waals surface area contributed by atoms with Gasteiger partial charge in [0.15, 0.2) is 17.3 Å². The maximum Gasteiger partial charge on any atom is 0.216 e. The van der Waals surface area contributed by atoms with Gasteiger partial charge in [0.1, 0.15) is 0 Å². The summed E-state index contributed by atoms with van der Waals surface area (Å²) in [6.07, 6.45) is 3.48. The first-order valence-electron chi connectivity index (χ1n) is 7.21. The Labute approximate surface area is 134 Å². The van der Waals surface area contributed by atoms with Crippen molar-refractivity contribution in [3.63, 3.8) is 0 Å². The standard InChI is InChI=1S/C15H20N4O2S/c1-4-7-13-17-18-15(22)19(13)16-10-11-8-6-9-12(20-3)14(11)21-5-2/h6,8-10H,4-5,7H2,1-3H3,(H,18,22)/b16-10-. The van der Waals surface area contributed by atoms with Crippen LogP contribution in [0.15, 0.2) is 23.3 Å². The predicted octanol–water partition coefficient (Wildman–Crippen LogP) is 3.18. The summed E-state index contributed by atoms with van der Waals surface area (Å²) < 4.78 is 13.1. The third-order valence-corrected chi connectivity index (χ3v) is 3.29. The number of rotatable bonds is 7. The van der Waals surface area contributed by atoms with Gasteiger partial charge in [0.05, 0.1) is 19.9 Å². The number of benzene rings is 1. The smallest absolute Gasteiger partial charge is 0.216 e. The maximum atomic E-state index is 5.66. The second kappa shape index (κ2) is 7.74. The number of ether oxygens (including phenoxy) is 2. The van der Waals surface area contributed by atoms with Crippen LogP contribution in [0.25, 0.3) is 0 Å². The second-order valence-corrected chi connectivity index (χ2v) is 4.95. The molecule has 22 heavy (non-hydrogen) atoms. The molecule has 0 radical (unpaired) electrons. The number of aromatic nitrogens is 3. The number of H-pyrrole nitrogens is 1. The minimum atomic E-state index is 0.473. The molecule has 2 aromatic rings. The predicted molar refractivity (Wildman–Crippen MR) is 88.6 cm³/mol. The molecule has 0 unspecified atom stereocenters. The van der Waals surface area contributed by atoms with Gasteiger partial charge in [-0.2, -0.15) is 14.9 Å². The summed E-state index contributed by atoms with van der Waals surface area (Å²) in [5.41, 5.74) is 0.826. The number of aromatic amines is 1. The van der Waals surface area contributed by atoms with E-state index < -0.39 is 0 Å². The Morgan fingerprint density at radius 3 is 2.91 bits per heavy atom. The summed E-state index contributed by atoms with van der Waals surface area (Å²) >= 11 is 5.21. The third-order valence-electron chi connectivity index (χ3n) is 3.02. The summed E-state index contributed by atoms with van der Waals surface area (Å²) in [5, 5.41) is 11.4. The lowest BCUT2D eigenvalue weighted by molar-refractivity contribution is 0.310. The van der Waals surface area contributed by atoms with Crippen LogP contribution in [0.1, 0.15) is 31.7 Å². The van der Waals surface area contributed by atoms with Crippen molar-refractivity contribution < 1.29 is 9.47 Å². The lowest BCUT2D eigenvalue weighted by atomic mass is 10.2. The van der Waals surface area contributed by atoms with Crippen LogP contribution in [0.2, 0.25) is 0 Å². The molecular weight excluding hydrogens is 300 g/mol. The van der Waals surface area contributed by atoms with Crippen LogP contribution in [0.3, 0.4) is 0 Å². The zero-order chi connectivity index (χ0) is 15.9. The largest absolute Gasteiger partial charge is 0.493 e. The minimum Gasteiger partial charge on any atom is -0.493 e. The molecule has 0 saturated heterocycles. The molecule has 7 heteroatoms. The number of nitrogens with one attached hydrogen (secondary N) is 1. The quantitative estimate of drug-likeness (QED) is 0.628. The molecular formula is C15H20N4O2S. The van der Waals surface area contributed by atoms with Crippen molar-refractivity contribution in [3.8, 4) is 11.5 Å². The Kier molecular flexibility index (Phi) is 5.71. The molecule has 0 aliphatic rings. The van der Waals surface area contributed by atoms with Gasteiger partial charge in [-0.15, -0.1) is 0 Å². The van der Waals surface area contributed by atoms with Gasteiger partial charge in [0.2, 0.25) is 4.77 Å². The highest BCUT2D eigenvalue weighted by Gasteiger charge is 2.09. The first-order valence-corrected chi connectivity index (χ1v) is 7.62. The van der Waals surface area contributed by atoms with Gasteiger partial charge in [0.25, 0.3) is 0 Å². The topological polar surface area (TPSA) is 64.4 Å². The van der Waals surface area contributed by atoms with E-state index in [9.17, 15) is 0 Å². The summed E-state index contributed by atoms with van der Waals surface area (Å²) in [5.74, 6) is 2.16. The molecule has 0 saturated carbocycles. The van der Waals surface area contributed by atoms with E-state index in [0.29, 0.717) is 22.9 Å². The first kappa shape index (κ1) is 16.2. The molecule has 0 spiro atoms. The molecule has 118 valence electrons. The van der Waals surface area contributed by atoms with Crippen molar-refractivity contribution >= 4 is 18.4 Å². The molecule has 1 aromatic carbocycles. The Morgan fingerprint density at radius 2 is 2.23 bits per heavy atom. The highest BCUT2D eigenvalue weighted by atomic mass is 32.1. The fourth-order valence-corrected chi connectivity index (χ4v) is 2.24. The van der Waals surface area contributed by atoms with E-state index in [1.807, 2.05) is 25.1 Å². The molecule has 0 bridgehead atoms. The number of hydrogen-bond donors (Lipinski definition) is 1. The monoisotopic (exact) mass is 320 g/mol. The van der Waals surface area contributed by atoms with Crippen molar-refractivity contribution in [3.05, 3.63) is 34.4 Å². The molecule has 1 aromatic heterocycles. The molecule has 0 aliphatic carbocycles. The SMILES string of the molecule is CCCc1n[nH]c(=S)n1/N=C\c1cccc(OC)c1OCC. The van der Waals surface area contributed by atoms with Crippen molar-refractivity contribution in [1.82, 2.24) is 14.9 Å². The van der Waals surface area contributed by atoms with Crippen LogP contribution >= 0.6 is 12.2 Å². The maximum absolute atomic E-state index is 5.66. The fourth-order valence-electron chi connectivity index (χ4n) is 2.04. The Morgan fingerprint density at radius 1 is 1.41 bits per heavy atom. The van der Waals surface area contributed by atoms with Crippen molar-refractivity contribution in [2.45, 2.75) is 26.7 Å². The van der Waals surface area contributed by atoms with Crippen LogP contribution in [-0.2, 0) is 6.42 Å². The van der Waals surface area contributed by atoms with Gasteiger partial charge in [0, 0.05) is 12.0 Å². The van der Waals surface area contributed by atoms with Gasteiger partial charge in [-0.3, -0.25) is 5.10 Å². The van der Waals surface area contributed by atoms with E-state index in [-0.39, 0.29) is 0 Å². The average molecular weight is 320 g/mol. The summed E-state index contributed by atoms with van der Waals surface area (Å²) in [4.78, 5) is 0. The number of hydrogen-bond acceptors (Lipinski definition) is 5. The number of nitrogens with zero attached hydrogens (tertiary/aromatic N) is 3. The summed E-state index contributed by atoms with van der Waals surface area (Å²) in [6, 6.07) is 5.67. The Hall–Kier alpha value is -2.15. The fraction of sp³-hybridized carbons (Fsp3) is 0.400. The molecule has 0 amide bonds. The Balaban J connectivity index is 2.38. The van der Waals surface area contributed by atoms with E-state index in [4.69, 9.17) is 21.7 Å². The lowest BCUT2D eigenvalue weighted by Gasteiger charge is -2.11. The van der Waals surface area contributed by atoms with E-state index in [1.54, 1.807) is 18.0 Å². The van der Waals surface area contributed by atoms with Gasteiger partial charge in [-0.25, -0.2) is 0 Å². The number of aryl methyl sites for hydroxylation is 1. The lowest BCUT2D eigenvalue weighted by Crippen LogP contribution is -2.02. The number of methoxy groups -OCH3 is 1. The van der Waals surface area contributed by atoms with E-state index >= 15 is 0 Å². The summed E-state index contributed by atoms with van der Waals surface area (Å²) in [6.45, 7) is 4.56. The van der Waals surface area contributed by atoms with E-state index in [0.717, 1.165) is 24.2 Å². The van der Waals surface area contributed by atoms with Crippen LogP contribution in [-0.4, -0.2) is 34.8 Å². The molecule has 6 nitrogen and oxygen atoms in total.